The largest absolute Gasteiger partial charge is 0.494 e. The highest BCUT2D eigenvalue weighted by molar-refractivity contribution is 7.90. The maximum Gasteiger partial charge on any atom is 0.290 e. The standard InChI is InChI=1S/C31H38N4O6S.CH2O2/c1-42(38,39)27-12-10-24(11-13-27)30(36)34-15-2-3-16-35(31(37)28-9-5-21-41-28)20-19-33-18-14-32-29(33)25-7-4-8-26(23-25)40-22-6-17-34;2-1-3/h4,7-8,10-14,18,23,28H,2-3,5-6,9,15-17,19-22H2,1H3;1H,(H,2,3)/t28-;/m1./s1. The molecular weight excluding hydrogens is 600 g/mol. The maximum absolute atomic E-state index is 13.5. The Hall–Kier alpha value is -4.23. The Morgan fingerprint density at radius 1 is 0.933 bits per heavy atom. The molecule has 1 fully saturated rings. The maximum atomic E-state index is 13.5. The molecule has 1 atom stereocenters. The lowest BCUT2D eigenvalue weighted by Crippen LogP contribution is -2.41. The summed E-state index contributed by atoms with van der Waals surface area (Å²) in [5, 5.41) is 6.89. The fourth-order valence-corrected chi connectivity index (χ4v) is 6.04. The number of nitrogens with zero attached hydrogens (tertiary/aromatic N) is 4. The van der Waals surface area contributed by atoms with Crippen LogP contribution in [0.2, 0.25) is 0 Å². The molecule has 0 spiro atoms. The summed E-state index contributed by atoms with van der Waals surface area (Å²) in [5.74, 6) is 1.39. The molecular formula is C32H40N4O8S. The molecule has 0 aliphatic carbocycles. The minimum absolute atomic E-state index is 0.0152. The second kappa shape index (κ2) is 16.2. The number of carboxylic acid groups (broad SMARTS) is 1. The fourth-order valence-electron chi connectivity index (χ4n) is 5.40. The molecule has 2 amide bonds. The van der Waals surface area contributed by atoms with Crippen molar-refractivity contribution in [3.05, 3.63) is 66.5 Å². The second-order valence-corrected chi connectivity index (χ2v) is 12.9. The summed E-state index contributed by atoms with van der Waals surface area (Å²) in [6, 6.07) is 13.8. The van der Waals surface area contributed by atoms with Crippen molar-refractivity contribution in [2.45, 2.75) is 49.6 Å². The summed E-state index contributed by atoms with van der Waals surface area (Å²) in [4.78, 5) is 43.6. The van der Waals surface area contributed by atoms with Gasteiger partial charge in [0.15, 0.2) is 9.84 Å². The van der Waals surface area contributed by atoms with Gasteiger partial charge >= 0.3 is 0 Å². The lowest BCUT2D eigenvalue weighted by atomic mass is 10.1. The predicted octanol–water partition coefficient (Wildman–Crippen LogP) is 3.37. The molecule has 1 N–H and O–H groups in total. The number of fused-ring (bicyclic) bond motifs is 4. The number of amides is 2. The van der Waals surface area contributed by atoms with Crippen molar-refractivity contribution in [2.24, 2.45) is 0 Å². The van der Waals surface area contributed by atoms with E-state index in [0.29, 0.717) is 64.3 Å². The Kier molecular flexibility index (Phi) is 12.1. The molecule has 5 rings (SSSR count). The van der Waals surface area contributed by atoms with Crippen LogP contribution in [0.25, 0.3) is 11.4 Å². The van der Waals surface area contributed by atoms with Crippen molar-refractivity contribution < 1.29 is 37.4 Å². The number of carbonyl (C=O) groups excluding carboxylic acids is 2. The van der Waals surface area contributed by atoms with E-state index in [4.69, 9.17) is 19.4 Å². The summed E-state index contributed by atoms with van der Waals surface area (Å²) in [6.07, 6.45) is 8.12. The van der Waals surface area contributed by atoms with Gasteiger partial charge in [-0.15, -0.1) is 0 Å². The third kappa shape index (κ3) is 9.38. The monoisotopic (exact) mass is 640 g/mol. The lowest BCUT2D eigenvalue weighted by Gasteiger charge is -2.27. The lowest BCUT2D eigenvalue weighted by molar-refractivity contribution is -0.141. The SMILES string of the molecule is CS(=O)(=O)c1ccc(C(=O)N2CCCCN(C(=O)[C@H]3CCCO3)CCn3ccnc3-c3cccc(c3)OCCC2)cc1.O=CO. The first-order valence-corrected chi connectivity index (χ1v) is 16.9. The predicted molar refractivity (Wildman–Crippen MR) is 167 cm³/mol. The van der Waals surface area contributed by atoms with E-state index in [1.807, 2.05) is 35.4 Å². The Bertz CT molecular complexity index is 1530. The highest BCUT2D eigenvalue weighted by Crippen LogP contribution is 2.24. The van der Waals surface area contributed by atoms with Crippen molar-refractivity contribution in [1.29, 1.82) is 0 Å². The Morgan fingerprint density at radius 3 is 2.33 bits per heavy atom. The van der Waals surface area contributed by atoms with E-state index in [2.05, 4.69) is 9.55 Å². The first kappa shape index (κ1) is 33.7. The number of benzene rings is 2. The fraction of sp³-hybridized carbons (Fsp3) is 0.438. The average molecular weight is 641 g/mol. The minimum Gasteiger partial charge on any atom is -0.494 e. The molecule has 1 aromatic heterocycles. The number of aromatic nitrogens is 2. The first-order chi connectivity index (χ1) is 21.7. The molecule has 2 aliphatic rings. The molecule has 0 unspecified atom stereocenters. The molecule has 3 heterocycles. The van der Waals surface area contributed by atoms with Gasteiger partial charge in [-0.3, -0.25) is 14.4 Å². The second-order valence-electron chi connectivity index (χ2n) is 10.9. The highest BCUT2D eigenvalue weighted by Gasteiger charge is 2.28. The van der Waals surface area contributed by atoms with Gasteiger partial charge in [-0.2, -0.15) is 0 Å². The normalized spacial score (nSPS) is 18.0. The highest BCUT2D eigenvalue weighted by atomic mass is 32.2. The minimum atomic E-state index is -3.35. The number of carbonyl (C=O) groups is 3. The quantitative estimate of drug-likeness (QED) is 0.426. The Labute approximate surface area is 263 Å². The van der Waals surface area contributed by atoms with Crippen molar-refractivity contribution in [1.82, 2.24) is 19.4 Å². The van der Waals surface area contributed by atoms with Crippen LogP contribution >= 0.6 is 0 Å². The van der Waals surface area contributed by atoms with Crippen LogP contribution in [0.3, 0.4) is 0 Å². The number of hydrogen-bond acceptors (Lipinski definition) is 8. The number of rotatable bonds is 3. The summed E-state index contributed by atoms with van der Waals surface area (Å²) in [7, 11) is -3.35. The summed E-state index contributed by atoms with van der Waals surface area (Å²) in [5.41, 5.74) is 1.36. The molecule has 45 heavy (non-hydrogen) atoms. The average Bonchev–Trinajstić information content (AvgIpc) is 3.74. The number of imidazole rings is 1. The van der Waals surface area contributed by atoms with Crippen LogP contribution in [0.5, 0.6) is 5.75 Å². The molecule has 2 bridgehead atoms. The van der Waals surface area contributed by atoms with E-state index in [1.165, 1.54) is 12.1 Å². The van der Waals surface area contributed by atoms with E-state index in [0.717, 1.165) is 42.7 Å². The molecule has 13 heteroatoms. The van der Waals surface area contributed by atoms with Crippen LogP contribution in [0.1, 0.15) is 42.5 Å². The molecule has 3 aromatic rings. The van der Waals surface area contributed by atoms with E-state index in [9.17, 15) is 18.0 Å². The zero-order valence-electron chi connectivity index (χ0n) is 25.4. The van der Waals surface area contributed by atoms with E-state index >= 15 is 0 Å². The van der Waals surface area contributed by atoms with Crippen LogP contribution in [-0.2, 0) is 30.7 Å². The summed E-state index contributed by atoms with van der Waals surface area (Å²) >= 11 is 0. The Morgan fingerprint density at radius 2 is 1.64 bits per heavy atom. The van der Waals surface area contributed by atoms with Gasteiger partial charge in [0.05, 0.1) is 11.5 Å². The van der Waals surface area contributed by atoms with Gasteiger partial charge in [0, 0.05) is 69.1 Å². The van der Waals surface area contributed by atoms with Crippen molar-refractivity contribution in [3.63, 3.8) is 0 Å². The van der Waals surface area contributed by atoms with Crippen molar-refractivity contribution in [2.75, 3.05) is 45.6 Å². The topological polar surface area (TPSA) is 148 Å². The van der Waals surface area contributed by atoms with Crippen molar-refractivity contribution >= 4 is 28.1 Å². The van der Waals surface area contributed by atoms with Crippen LogP contribution in [0, 0.1) is 0 Å². The number of hydrogen-bond donors (Lipinski definition) is 1. The molecule has 0 radical (unpaired) electrons. The first-order valence-electron chi connectivity index (χ1n) is 15.0. The third-order valence-electron chi connectivity index (χ3n) is 7.70. The zero-order valence-corrected chi connectivity index (χ0v) is 26.2. The van der Waals surface area contributed by atoms with Gasteiger partial charge in [-0.25, -0.2) is 13.4 Å². The molecule has 12 nitrogen and oxygen atoms in total. The van der Waals surface area contributed by atoms with Crippen LogP contribution < -0.4 is 4.74 Å². The molecule has 0 saturated carbocycles. The van der Waals surface area contributed by atoms with Crippen LogP contribution in [0.4, 0.5) is 0 Å². The van der Waals surface area contributed by atoms with Gasteiger partial charge in [0.2, 0.25) is 0 Å². The zero-order chi connectivity index (χ0) is 32.2. The van der Waals surface area contributed by atoms with E-state index in [1.54, 1.807) is 23.2 Å². The van der Waals surface area contributed by atoms with Gasteiger partial charge in [-0.1, -0.05) is 12.1 Å². The molecule has 2 aromatic carbocycles. The van der Waals surface area contributed by atoms with Gasteiger partial charge in [0.25, 0.3) is 18.3 Å². The number of sulfone groups is 1. The van der Waals surface area contributed by atoms with Crippen LogP contribution in [0.15, 0.2) is 65.8 Å². The van der Waals surface area contributed by atoms with Gasteiger partial charge in [-0.05, 0) is 68.5 Å². The van der Waals surface area contributed by atoms with E-state index < -0.39 is 15.9 Å². The molecule has 2 aliphatic heterocycles. The number of ether oxygens (including phenoxy) is 2. The molecule has 242 valence electrons. The summed E-state index contributed by atoms with van der Waals surface area (Å²) < 4.78 is 37.6. The summed E-state index contributed by atoms with van der Waals surface area (Å²) in [6.45, 7) is 3.45. The van der Waals surface area contributed by atoms with Crippen LogP contribution in [-0.4, -0.2) is 103 Å². The van der Waals surface area contributed by atoms with Gasteiger partial charge in [0.1, 0.15) is 17.7 Å². The van der Waals surface area contributed by atoms with Gasteiger partial charge < -0.3 is 28.9 Å². The smallest absolute Gasteiger partial charge is 0.290 e. The van der Waals surface area contributed by atoms with Crippen molar-refractivity contribution in [3.8, 4) is 17.1 Å². The third-order valence-corrected chi connectivity index (χ3v) is 8.83. The van der Waals surface area contributed by atoms with E-state index in [-0.39, 0.29) is 23.2 Å². The molecule has 1 saturated heterocycles. The Balaban J connectivity index is 0.00000148.